The van der Waals surface area contributed by atoms with Crippen molar-refractivity contribution < 1.29 is 39.6 Å². The van der Waals surface area contributed by atoms with Gasteiger partial charge in [-0.3, -0.25) is 24.1 Å². The van der Waals surface area contributed by atoms with Crippen LogP contribution in [-0.4, -0.2) is 81.0 Å². The van der Waals surface area contributed by atoms with Gasteiger partial charge in [-0.25, -0.2) is 0 Å². The lowest BCUT2D eigenvalue weighted by Crippen LogP contribution is -2.65. The number of aliphatic hydroxyl groups is 3. The number of hydrogen-bond donors (Lipinski definition) is 7. The zero-order chi connectivity index (χ0) is 26.0. The van der Waals surface area contributed by atoms with Crippen molar-refractivity contribution in [3.05, 3.63) is 40.2 Å². The van der Waals surface area contributed by atoms with Crippen LogP contribution in [0, 0.1) is 11.8 Å². The quantitative estimate of drug-likeness (QED) is 0.207. The minimum atomic E-state index is -2.70. The number of nitrogens with one attached hydrogen (secondary N) is 1. The van der Waals surface area contributed by atoms with Crippen molar-refractivity contribution in [3.63, 3.8) is 0 Å². The minimum Gasteiger partial charge on any atom is -0.508 e. The number of aromatic hydroxyl groups is 1. The van der Waals surface area contributed by atoms with Gasteiger partial charge in [0.1, 0.15) is 22.8 Å². The van der Waals surface area contributed by atoms with E-state index in [1.54, 1.807) is 6.07 Å². The van der Waals surface area contributed by atoms with Crippen molar-refractivity contribution >= 4 is 34.8 Å². The maximum absolute atomic E-state index is 13.7. The molecule has 3 aliphatic rings. The number of fused-ring (bicyclic) bond motifs is 3. The van der Waals surface area contributed by atoms with Crippen molar-refractivity contribution in [3.8, 4) is 5.75 Å². The van der Waals surface area contributed by atoms with E-state index in [2.05, 4.69) is 5.32 Å². The van der Waals surface area contributed by atoms with Crippen molar-refractivity contribution in [2.45, 2.75) is 31.9 Å². The fourth-order valence-corrected chi connectivity index (χ4v) is 5.52. The highest BCUT2D eigenvalue weighted by atomic mass is 16.3. The summed E-state index contributed by atoms with van der Waals surface area (Å²) in [6.07, 6.45) is 0.158. The number of nitrogens with zero attached hydrogens (tertiary/aromatic N) is 1. The van der Waals surface area contributed by atoms with Crippen LogP contribution >= 0.6 is 0 Å². The first-order valence-electron chi connectivity index (χ1n) is 10.9. The van der Waals surface area contributed by atoms with Crippen molar-refractivity contribution in [2.75, 3.05) is 26.0 Å². The number of amides is 2. The molecule has 0 saturated heterocycles. The van der Waals surface area contributed by atoms with E-state index in [-0.39, 0.29) is 43.6 Å². The number of phenols is 1. The van der Waals surface area contributed by atoms with Crippen molar-refractivity contribution in [1.82, 2.24) is 4.90 Å². The molecule has 36 heavy (non-hydrogen) atoms. The average molecular weight is 503 g/mol. The van der Waals surface area contributed by atoms with Gasteiger partial charge in [0.05, 0.1) is 23.8 Å². The predicted octanol–water partition coefficient (Wildman–Crippen LogP) is -0.503. The molecule has 4 atom stereocenters. The van der Waals surface area contributed by atoms with E-state index in [0.29, 0.717) is 5.56 Å². The molecule has 0 bridgehead atoms. The lowest BCUT2D eigenvalue weighted by Gasteiger charge is -2.50. The van der Waals surface area contributed by atoms with E-state index < -0.39 is 69.7 Å². The third-order valence-corrected chi connectivity index (χ3v) is 7.05. The first kappa shape index (κ1) is 26.9. The highest BCUT2D eigenvalue weighted by Crippen LogP contribution is 2.53. The highest BCUT2D eigenvalue weighted by Gasteiger charge is 2.64. The molecule has 3 aliphatic carbocycles. The summed E-state index contributed by atoms with van der Waals surface area (Å²) in [5.41, 5.74) is 7.05. The Labute approximate surface area is 206 Å². The number of benzene rings is 1. The van der Waals surface area contributed by atoms with Gasteiger partial charge >= 0.3 is 0 Å². The van der Waals surface area contributed by atoms with Gasteiger partial charge in [-0.15, -0.1) is 0 Å². The summed E-state index contributed by atoms with van der Waals surface area (Å²) in [6, 6.07) is 1.86. The number of carbonyl (C=O) groups is 4. The van der Waals surface area contributed by atoms with Crippen LogP contribution in [0.15, 0.2) is 29.0 Å². The van der Waals surface area contributed by atoms with Gasteiger partial charge in [0.25, 0.3) is 5.91 Å². The molecule has 2 amide bonds. The molecular formula is C24H30N4O8. The standard InChI is InChI=1S/C23H26N4O8.CH4/c1-27(2)16-10-6-9-5-8-3-4-11(26-12(28)7-24)17(29)13(8)18(30)14(9)20(32)23(10,35)21(33)15(19(16)31)22(25)34;/h3-4,9-10,16,29-30,33,35H,5-7,24H2,1-2H3,(H2,25,34)(H,26,28);1H4/t9-,10-,16-,23-;/m0./s1. The SMILES string of the molecule is C.CN(C)[C@@H]1C(=O)C(C(N)=O)=C(O)[C@@]2(O)C(=O)C3=C(O)c4c(ccc(NC(=O)CN)c4O)C[C@H]3C[C@@H]12. The number of rotatable bonds is 4. The molecule has 194 valence electrons. The van der Waals surface area contributed by atoms with Crippen LogP contribution in [0.25, 0.3) is 5.76 Å². The van der Waals surface area contributed by atoms with E-state index in [0.717, 1.165) is 0 Å². The van der Waals surface area contributed by atoms with Crippen LogP contribution in [-0.2, 0) is 25.6 Å². The van der Waals surface area contributed by atoms with Crippen LogP contribution in [0.3, 0.4) is 0 Å². The predicted molar refractivity (Wildman–Crippen MR) is 129 cm³/mol. The van der Waals surface area contributed by atoms with Gasteiger partial charge in [-0.1, -0.05) is 13.5 Å². The van der Waals surface area contributed by atoms with Crippen molar-refractivity contribution in [2.24, 2.45) is 23.3 Å². The number of Topliss-reactive ketones (excluding diaryl/α,β-unsaturated/α-hetero) is 2. The smallest absolute Gasteiger partial charge is 0.255 e. The largest absolute Gasteiger partial charge is 0.508 e. The Morgan fingerprint density at radius 2 is 1.83 bits per heavy atom. The molecule has 0 spiro atoms. The number of anilines is 1. The Hall–Kier alpha value is -3.74. The average Bonchev–Trinajstić information content (AvgIpc) is 2.77. The molecule has 0 aliphatic heterocycles. The molecule has 0 unspecified atom stereocenters. The summed E-state index contributed by atoms with van der Waals surface area (Å²) < 4.78 is 0. The number of phenolic OH excluding ortho intramolecular Hbond substituents is 1. The monoisotopic (exact) mass is 502 g/mol. The summed E-state index contributed by atoms with van der Waals surface area (Å²) in [5, 5.41) is 46.6. The fourth-order valence-electron chi connectivity index (χ4n) is 5.52. The number of hydrogen-bond acceptors (Lipinski definition) is 10. The molecule has 9 N–H and O–H groups in total. The van der Waals surface area contributed by atoms with Gasteiger partial charge < -0.3 is 37.2 Å². The van der Waals surface area contributed by atoms with Gasteiger partial charge in [0.2, 0.25) is 11.7 Å². The first-order chi connectivity index (χ1) is 16.4. The van der Waals surface area contributed by atoms with E-state index in [1.165, 1.54) is 25.1 Å². The van der Waals surface area contributed by atoms with E-state index >= 15 is 0 Å². The van der Waals surface area contributed by atoms with Gasteiger partial charge in [-0.05, 0) is 44.5 Å². The Morgan fingerprint density at radius 1 is 1.19 bits per heavy atom. The Bertz CT molecular complexity index is 1250. The Balaban J connectivity index is 0.00000361. The summed E-state index contributed by atoms with van der Waals surface area (Å²) in [7, 11) is 3.06. The van der Waals surface area contributed by atoms with Gasteiger partial charge in [0.15, 0.2) is 11.4 Å². The second-order valence-electron chi connectivity index (χ2n) is 9.21. The molecule has 4 rings (SSSR count). The van der Waals surface area contributed by atoms with Crippen LogP contribution in [0.2, 0.25) is 0 Å². The number of ketones is 2. The molecule has 12 heteroatoms. The summed E-state index contributed by atoms with van der Waals surface area (Å²) in [4.78, 5) is 51.8. The zero-order valence-corrected chi connectivity index (χ0v) is 19.0. The van der Waals surface area contributed by atoms with Gasteiger partial charge in [0, 0.05) is 11.5 Å². The molecule has 1 saturated carbocycles. The Kier molecular flexibility index (Phi) is 6.75. The minimum absolute atomic E-state index is 0. The molecular weight excluding hydrogens is 472 g/mol. The van der Waals surface area contributed by atoms with Crippen molar-refractivity contribution in [1.29, 1.82) is 0 Å². The summed E-state index contributed by atoms with van der Waals surface area (Å²) in [6.45, 7) is -0.349. The molecule has 12 nitrogen and oxygen atoms in total. The van der Waals surface area contributed by atoms with Crippen LogP contribution < -0.4 is 16.8 Å². The maximum atomic E-state index is 13.7. The fraction of sp³-hybridized carbons (Fsp3) is 0.417. The normalized spacial score (nSPS) is 27.2. The molecule has 0 heterocycles. The Morgan fingerprint density at radius 3 is 2.39 bits per heavy atom. The number of carbonyl (C=O) groups excluding carboxylic acids is 4. The molecule has 1 aromatic rings. The number of likely N-dealkylation sites (N-methyl/N-ethyl adjacent to an activating group) is 1. The lowest BCUT2D eigenvalue weighted by molar-refractivity contribution is -0.153. The zero-order valence-electron chi connectivity index (χ0n) is 19.0. The molecule has 1 fully saturated rings. The number of aliphatic hydroxyl groups excluding tert-OH is 2. The second-order valence-corrected chi connectivity index (χ2v) is 9.21. The first-order valence-corrected chi connectivity index (χ1v) is 10.9. The van der Waals surface area contributed by atoms with E-state index in [4.69, 9.17) is 11.5 Å². The molecule has 0 aromatic heterocycles. The number of primary amides is 1. The third kappa shape index (κ3) is 3.56. The second kappa shape index (κ2) is 9.04. The molecule has 0 radical (unpaired) electrons. The maximum Gasteiger partial charge on any atom is 0.255 e. The van der Waals surface area contributed by atoms with Gasteiger partial charge in [-0.2, -0.15) is 0 Å². The summed E-state index contributed by atoms with van der Waals surface area (Å²) in [5.74, 6) is -7.91. The highest BCUT2D eigenvalue weighted by molar-refractivity contribution is 6.24. The topological polar surface area (TPSA) is 217 Å². The van der Waals surface area contributed by atoms with Crippen LogP contribution in [0.4, 0.5) is 5.69 Å². The third-order valence-electron chi connectivity index (χ3n) is 7.05. The van der Waals surface area contributed by atoms with Crippen LogP contribution in [0.1, 0.15) is 25.0 Å². The summed E-state index contributed by atoms with van der Waals surface area (Å²) >= 11 is 0. The number of nitrogens with two attached hydrogens (primary N) is 2. The van der Waals surface area contributed by atoms with E-state index in [1.807, 2.05) is 0 Å². The molecule has 1 aromatic carbocycles. The van der Waals surface area contributed by atoms with Crippen LogP contribution in [0.5, 0.6) is 5.75 Å². The lowest BCUT2D eigenvalue weighted by atomic mass is 9.57. The van der Waals surface area contributed by atoms with E-state index in [9.17, 15) is 39.6 Å².